The summed E-state index contributed by atoms with van der Waals surface area (Å²) in [6.45, 7) is 11.5. The second kappa shape index (κ2) is 9.44. The first-order chi connectivity index (χ1) is 9.34. The lowest BCUT2D eigenvalue weighted by atomic mass is 10.1. The van der Waals surface area contributed by atoms with Gasteiger partial charge in [-0.3, -0.25) is 0 Å². The fraction of sp³-hybridized carbons (Fsp3) is 0.857. The fourth-order valence-electron chi connectivity index (χ4n) is 1.50. The maximum atomic E-state index is 11.8. The van der Waals surface area contributed by atoms with E-state index in [1.807, 2.05) is 27.7 Å². The molecule has 0 saturated heterocycles. The molecule has 0 aromatic carbocycles. The van der Waals surface area contributed by atoms with Gasteiger partial charge in [0.05, 0.1) is 13.2 Å². The highest BCUT2D eigenvalue weighted by Crippen LogP contribution is 2.14. The van der Waals surface area contributed by atoms with Gasteiger partial charge in [-0.05, 0) is 25.7 Å². The van der Waals surface area contributed by atoms with Crippen LogP contribution >= 0.6 is 0 Å². The summed E-state index contributed by atoms with van der Waals surface area (Å²) in [5.41, 5.74) is 0. The molecule has 6 nitrogen and oxygen atoms in total. The van der Waals surface area contributed by atoms with E-state index < -0.39 is 24.0 Å². The van der Waals surface area contributed by atoms with Crippen LogP contribution in [0.2, 0.25) is 0 Å². The molecule has 0 aromatic rings. The Kier molecular flexibility index (Phi) is 8.76. The molecule has 0 aliphatic rings. The molecule has 0 radical (unpaired) electrons. The lowest BCUT2D eigenvalue weighted by Crippen LogP contribution is -2.30. The van der Waals surface area contributed by atoms with Crippen molar-refractivity contribution in [1.82, 2.24) is 0 Å². The zero-order valence-electron chi connectivity index (χ0n) is 13.3. The van der Waals surface area contributed by atoms with Crippen LogP contribution in [0, 0.1) is 11.8 Å². The molecule has 0 aliphatic heterocycles. The second-order valence-corrected chi connectivity index (χ2v) is 5.11. The summed E-state index contributed by atoms with van der Waals surface area (Å²) in [5, 5.41) is 8.03. The van der Waals surface area contributed by atoms with Gasteiger partial charge in [-0.1, -0.05) is 27.7 Å². The zero-order valence-corrected chi connectivity index (χ0v) is 13.3. The molecule has 0 fully saturated rings. The standard InChI is InChI=1S/C14H26N2O4/c1-7-19-13(17)11(9(3)4)15-16-12(10(5)6)14(18)20-8-2/h9-12H,7-8H2,1-6H3. The van der Waals surface area contributed by atoms with Crippen molar-refractivity contribution in [3.05, 3.63) is 0 Å². The van der Waals surface area contributed by atoms with Gasteiger partial charge >= 0.3 is 11.9 Å². The van der Waals surface area contributed by atoms with Gasteiger partial charge in [0.25, 0.3) is 0 Å². The van der Waals surface area contributed by atoms with Crippen LogP contribution in [0.1, 0.15) is 41.5 Å². The summed E-state index contributed by atoms with van der Waals surface area (Å²) >= 11 is 0. The predicted octanol–water partition coefficient (Wildman–Crippen LogP) is 2.61. The van der Waals surface area contributed by atoms with E-state index in [9.17, 15) is 9.59 Å². The van der Waals surface area contributed by atoms with E-state index in [1.54, 1.807) is 13.8 Å². The summed E-state index contributed by atoms with van der Waals surface area (Å²) in [5.74, 6) is -0.934. The van der Waals surface area contributed by atoms with Crippen molar-refractivity contribution in [3.8, 4) is 0 Å². The van der Waals surface area contributed by atoms with Crippen LogP contribution in [-0.2, 0) is 19.1 Å². The third kappa shape index (κ3) is 6.12. The Bertz CT molecular complexity index is 308. The first-order valence-electron chi connectivity index (χ1n) is 7.08. The van der Waals surface area contributed by atoms with Gasteiger partial charge in [0.1, 0.15) is 0 Å². The van der Waals surface area contributed by atoms with Gasteiger partial charge in [-0.25, -0.2) is 9.59 Å². The highest BCUT2D eigenvalue weighted by molar-refractivity contribution is 5.77. The summed E-state index contributed by atoms with van der Waals surface area (Å²) in [6, 6.07) is -1.38. The number of esters is 2. The van der Waals surface area contributed by atoms with Crippen molar-refractivity contribution in [3.63, 3.8) is 0 Å². The van der Waals surface area contributed by atoms with E-state index in [4.69, 9.17) is 9.47 Å². The van der Waals surface area contributed by atoms with Crippen molar-refractivity contribution in [2.24, 2.45) is 22.1 Å². The third-order valence-corrected chi connectivity index (χ3v) is 2.63. The van der Waals surface area contributed by atoms with Crippen molar-refractivity contribution < 1.29 is 19.1 Å². The molecule has 116 valence electrons. The minimum absolute atomic E-state index is 0.0483. The molecule has 0 heterocycles. The molecule has 0 amide bonds. The van der Waals surface area contributed by atoms with Gasteiger partial charge in [0.2, 0.25) is 0 Å². The zero-order chi connectivity index (χ0) is 15.7. The van der Waals surface area contributed by atoms with Crippen molar-refractivity contribution in [2.75, 3.05) is 13.2 Å². The van der Waals surface area contributed by atoms with E-state index in [2.05, 4.69) is 10.2 Å². The van der Waals surface area contributed by atoms with Crippen LogP contribution in [0.25, 0.3) is 0 Å². The first-order valence-corrected chi connectivity index (χ1v) is 7.08. The van der Waals surface area contributed by atoms with Gasteiger partial charge in [0, 0.05) is 0 Å². The molecule has 0 spiro atoms. The van der Waals surface area contributed by atoms with Crippen LogP contribution in [-0.4, -0.2) is 37.2 Å². The Morgan fingerprint density at radius 2 is 1.10 bits per heavy atom. The maximum Gasteiger partial charge on any atom is 0.333 e. The van der Waals surface area contributed by atoms with Gasteiger partial charge in [-0.2, -0.15) is 10.2 Å². The summed E-state index contributed by atoms with van der Waals surface area (Å²) in [4.78, 5) is 23.5. The topological polar surface area (TPSA) is 77.3 Å². The fourth-order valence-corrected chi connectivity index (χ4v) is 1.50. The number of nitrogens with zero attached hydrogens (tertiary/aromatic N) is 2. The van der Waals surface area contributed by atoms with Crippen molar-refractivity contribution in [2.45, 2.75) is 53.6 Å². The van der Waals surface area contributed by atoms with Gasteiger partial charge < -0.3 is 9.47 Å². The molecule has 20 heavy (non-hydrogen) atoms. The largest absolute Gasteiger partial charge is 0.464 e. The smallest absolute Gasteiger partial charge is 0.333 e. The first kappa shape index (κ1) is 18.5. The monoisotopic (exact) mass is 286 g/mol. The molecule has 2 atom stereocenters. The van der Waals surface area contributed by atoms with Crippen LogP contribution in [0.15, 0.2) is 10.2 Å². The van der Waals surface area contributed by atoms with E-state index in [-0.39, 0.29) is 11.8 Å². The lowest BCUT2D eigenvalue weighted by molar-refractivity contribution is -0.147. The van der Waals surface area contributed by atoms with E-state index in [1.165, 1.54) is 0 Å². The number of ether oxygens (including phenoxy) is 2. The molecule has 0 saturated carbocycles. The molecule has 0 N–H and O–H groups in total. The second-order valence-electron chi connectivity index (χ2n) is 5.11. The van der Waals surface area contributed by atoms with E-state index in [0.29, 0.717) is 13.2 Å². The Hall–Kier alpha value is -1.46. The number of hydrogen-bond donors (Lipinski definition) is 0. The van der Waals surface area contributed by atoms with Gasteiger partial charge in [0.15, 0.2) is 12.1 Å². The minimum atomic E-state index is -0.689. The SMILES string of the molecule is CCOC(=O)C(N=NC(C(=O)OCC)C(C)C)C(C)C. The summed E-state index contributed by atoms with van der Waals surface area (Å²) < 4.78 is 9.91. The van der Waals surface area contributed by atoms with Gasteiger partial charge in [-0.15, -0.1) is 0 Å². The predicted molar refractivity (Wildman–Crippen MR) is 75.4 cm³/mol. The third-order valence-electron chi connectivity index (χ3n) is 2.63. The quantitative estimate of drug-likeness (QED) is 0.507. The van der Waals surface area contributed by atoms with Crippen LogP contribution in [0.4, 0.5) is 0 Å². The minimum Gasteiger partial charge on any atom is -0.464 e. The number of rotatable bonds is 8. The summed E-state index contributed by atoms with van der Waals surface area (Å²) in [7, 11) is 0. The molecule has 2 unspecified atom stereocenters. The van der Waals surface area contributed by atoms with E-state index in [0.717, 1.165) is 0 Å². The summed E-state index contributed by atoms with van der Waals surface area (Å²) in [6.07, 6.45) is 0. The lowest BCUT2D eigenvalue weighted by Gasteiger charge is -2.17. The number of hydrogen-bond acceptors (Lipinski definition) is 6. The Morgan fingerprint density at radius 3 is 1.30 bits per heavy atom. The molecule has 0 rings (SSSR count). The number of azo groups is 1. The Balaban J connectivity index is 4.96. The van der Waals surface area contributed by atoms with Crippen molar-refractivity contribution >= 4 is 11.9 Å². The molecule has 0 bridgehead atoms. The molecule has 6 heteroatoms. The molecule has 0 aromatic heterocycles. The van der Waals surface area contributed by atoms with Crippen LogP contribution in [0.3, 0.4) is 0 Å². The maximum absolute atomic E-state index is 11.8. The highest BCUT2D eigenvalue weighted by Gasteiger charge is 2.27. The number of carbonyl (C=O) groups is 2. The Labute approximate surface area is 120 Å². The number of carbonyl (C=O) groups excluding carboxylic acids is 2. The normalized spacial score (nSPS) is 14.6. The highest BCUT2D eigenvalue weighted by atomic mass is 16.5. The van der Waals surface area contributed by atoms with Crippen LogP contribution < -0.4 is 0 Å². The molecular weight excluding hydrogens is 260 g/mol. The van der Waals surface area contributed by atoms with Crippen LogP contribution in [0.5, 0.6) is 0 Å². The van der Waals surface area contributed by atoms with Crippen molar-refractivity contribution in [1.29, 1.82) is 0 Å². The average Bonchev–Trinajstić information content (AvgIpc) is 2.33. The van der Waals surface area contributed by atoms with E-state index >= 15 is 0 Å². The average molecular weight is 286 g/mol. The Morgan fingerprint density at radius 1 is 0.800 bits per heavy atom. The molecular formula is C14H26N2O4. The molecule has 0 aliphatic carbocycles.